The first-order chi connectivity index (χ1) is 8.53. The zero-order chi connectivity index (χ0) is 12.8. The van der Waals surface area contributed by atoms with Crippen LogP contribution >= 0.6 is 0 Å². The Bertz CT molecular complexity index is 276. The molecule has 3 aliphatic carbocycles. The molecule has 0 aromatic rings. The maximum Gasteiger partial charge on any atom is 0.00748 e. The van der Waals surface area contributed by atoms with Crippen LogP contribution in [0, 0.1) is 29.1 Å². The van der Waals surface area contributed by atoms with E-state index in [1.807, 2.05) is 0 Å². The molecule has 0 radical (unpaired) electrons. The number of hydrogen-bond acceptors (Lipinski definition) is 1. The molecule has 1 nitrogen and oxygen atoms in total. The lowest BCUT2D eigenvalue weighted by molar-refractivity contribution is 0.146. The number of rotatable bonds is 5. The first-order valence-corrected chi connectivity index (χ1v) is 8.27. The van der Waals surface area contributed by atoms with Crippen LogP contribution in [-0.4, -0.2) is 12.6 Å². The van der Waals surface area contributed by atoms with Gasteiger partial charge in [0.15, 0.2) is 0 Å². The SMILES string of the molecule is CC1CC(NCC(C2CC2)C2CC2)CC(C)(C)C1. The van der Waals surface area contributed by atoms with Gasteiger partial charge in [-0.1, -0.05) is 20.8 Å². The zero-order valence-corrected chi connectivity index (χ0v) is 12.5. The summed E-state index contributed by atoms with van der Waals surface area (Å²) >= 11 is 0. The van der Waals surface area contributed by atoms with Crippen LogP contribution in [0.15, 0.2) is 0 Å². The van der Waals surface area contributed by atoms with Crippen molar-refractivity contribution in [3.8, 4) is 0 Å². The predicted molar refractivity (Wildman–Crippen MR) is 77.5 cm³/mol. The van der Waals surface area contributed by atoms with Crippen molar-refractivity contribution in [3.63, 3.8) is 0 Å². The van der Waals surface area contributed by atoms with Gasteiger partial charge in [0, 0.05) is 6.04 Å². The zero-order valence-electron chi connectivity index (χ0n) is 12.5. The highest BCUT2D eigenvalue weighted by molar-refractivity contribution is 4.94. The Morgan fingerprint density at radius 3 is 2.17 bits per heavy atom. The molecule has 0 spiro atoms. The smallest absolute Gasteiger partial charge is 0.00748 e. The van der Waals surface area contributed by atoms with Crippen LogP contribution in [0.2, 0.25) is 0 Å². The number of nitrogens with one attached hydrogen (secondary N) is 1. The summed E-state index contributed by atoms with van der Waals surface area (Å²) in [5.41, 5.74) is 0.560. The topological polar surface area (TPSA) is 12.0 Å². The third kappa shape index (κ3) is 3.29. The van der Waals surface area contributed by atoms with E-state index in [0.29, 0.717) is 5.41 Å². The molecule has 1 N–H and O–H groups in total. The second-order valence-corrected chi connectivity index (χ2v) is 8.36. The van der Waals surface area contributed by atoms with Gasteiger partial charge in [-0.25, -0.2) is 0 Å². The first kappa shape index (κ1) is 13.0. The van der Waals surface area contributed by atoms with E-state index in [2.05, 4.69) is 26.1 Å². The van der Waals surface area contributed by atoms with Crippen molar-refractivity contribution < 1.29 is 0 Å². The van der Waals surface area contributed by atoms with E-state index < -0.39 is 0 Å². The summed E-state index contributed by atoms with van der Waals surface area (Å²) in [5, 5.41) is 3.95. The first-order valence-electron chi connectivity index (χ1n) is 8.27. The van der Waals surface area contributed by atoms with Crippen LogP contribution in [0.4, 0.5) is 0 Å². The Hall–Kier alpha value is -0.0400. The highest BCUT2D eigenvalue weighted by Gasteiger charge is 2.41. The summed E-state index contributed by atoms with van der Waals surface area (Å²) in [6, 6.07) is 0.795. The van der Waals surface area contributed by atoms with Gasteiger partial charge in [-0.3, -0.25) is 0 Å². The van der Waals surface area contributed by atoms with Crippen LogP contribution in [0.3, 0.4) is 0 Å². The van der Waals surface area contributed by atoms with Gasteiger partial charge >= 0.3 is 0 Å². The molecule has 2 atom stereocenters. The van der Waals surface area contributed by atoms with Crippen LogP contribution in [0.25, 0.3) is 0 Å². The summed E-state index contributed by atoms with van der Waals surface area (Å²) in [7, 11) is 0. The normalized spacial score (nSPS) is 36.0. The summed E-state index contributed by atoms with van der Waals surface area (Å²) in [6.07, 6.45) is 10.3. The van der Waals surface area contributed by atoms with Gasteiger partial charge in [0.25, 0.3) is 0 Å². The fourth-order valence-corrected chi connectivity index (χ4v) is 4.57. The minimum absolute atomic E-state index is 0.560. The molecule has 0 heterocycles. The van der Waals surface area contributed by atoms with Gasteiger partial charge in [0.2, 0.25) is 0 Å². The van der Waals surface area contributed by atoms with E-state index in [1.54, 1.807) is 0 Å². The highest BCUT2D eigenvalue weighted by Crippen LogP contribution is 2.49. The van der Waals surface area contributed by atoms with Gasteiger partial charge in [-0.15, -0.1) is 0 Å². The molecule has 0 amide bonds. The van der Waals surface area contributed by atoms with Crippen LogP contribution in [-0.2, 0) is 0 Å². The average molecular weight is 249 g/mol. The monoisotopic (exact) mass is 249 g/mol. The van der Waals surface area contributed by atoms with Crippen LogP contribution < -0.4 is 5.32 Å². The fraction of sp³-hybridized carbons (Fsp3) is 1.00. The lowest BCUT2D eigenvalue weighted by Crippen LogP contribution is -2.42. The summed E-state index contributed by atoms with van der Waals surface area (Å²) in [4.78, 5) is 0. The van der Waals surface area contributed by atoms with Crippen LogP contribution in [0.5, 0.6) is 0 Å². The molecule has 0 bridgehead atoms. The van der Waals surface area contributed by atoms with Crippen molar-refractivity contribution in [1.29, 1.82) is 0 Å². The van der Waals surface area contributed by atoms with E-state index in [0.717, 1.165) is 29.7 Å². The summed E-state index contributed by atoms with van der Waals surface area (Å²) < 4.78 is 0. The lowest BCUT2D eigenvalue weighted by Gasteiger charge is -2.40. The third-order valence-corrected chi connectivity index (χ3v) is 5.48. The number of hydrogen-bond donors (Lipinski definition) is 1. The van der Waals surface area contributed by atoms with E-state index in [9.17, 15) is 0 Å². The molecule has 2 unspecified atom stereocenters. The molecule has 104 valence electrons. The standard InChI is InChI=1S/C17H31N/c1-12-8-15(10-17(2,3)9-12)18-11-16(13-4-5-13)14-6-7-14/h12-16,18H,4-11H2,1-3H3. The second kappa shape index (κ2) is 4.81. The highest BCUT2D eigenvalue weighted by atomic mass is 14.9. The summed E-state index contributed by atoms with van der Waals surface area (Å²) in [6.45, 7) is 8.67. The van der Waals surface area contributed by atoms with Crippen molar-refractivity contribution >= 4 is 0 Å². The third-order valence-electron chi connectivity index (χ3n) is 5.48. The summed E-state index contributed by atoms with van der Waals surface area (Å²) in [5.74, 6) is 4.13. The van der Waals surface area contributed by atoms with Crippen molar-refractivity contribution in [2.45, 2.75) is 71.8 Å². The molecule has 3 rings (SSSR count). The van der Waals surface area contributed by atoms with E-state index in [-0.39, 0.29) is 0 Å². The Balaban J connectivity index is 1.49. The molecule has 18 heavy (non-hydrogen) atoms. The quantitative estimate of drug-likeness (QED) is 0.769. The largest absolute Gasteiger partial charge is 0.314 e. The molecule has 1 heteroatoms. The molecular formula is C17H31N. The van der Waals surface area contributed by atoms with Crippen molar-refractivity contribution in [2.24, 2.45) is 29.1 Å². The minimum Gasteiger partial charge on any atom is -0.314 e. The maximum absolute atomic E-state index is 3.95. The van der Waals surface area contributed by atoms with Crippen molar-refractivity contribution in [1.82, 2.24) is 5.32 Å². The van der Waals surface area contributed by atoms with Gasteiger partial charge in [-0.05, 0) is 80.6 Å². The second-order valence-electron chi connectivity index (χ2n) is 8.36. The molecule has 0 aromatic heterocycles. The fourth-order valence-electron chi connectivity index (χ4n) is 4.57. The van der Waals surface area contributed by atoms with Crippen molar-refractivity contribution in [3.05, 3.63) is 0 Å². The minimum atomic E-state index is 0.560. The maximum atomic E-state index is 3.95. The van der Waals surface area contributed by atoms with E-state index >= 15 is 0 Å². The van der Waals surface area contributed by atoms with Crippen LogP contribution in [0.1, 0.15) is 65.7 Å². The molecule has 3 aliphatic rings. The molecule has 3 fully saturated rings. The molecule has 0 saturated heterocycles. The molecular weight excluding hydrogens is 218 g/mol. The Kier molecular flexibility index (Phi) is 3.47. The lowest BCUT2D eigenvalue weighted by atomic mass is 9.70. The van der Waals surface area contributed by atoms with E-state index in [4.69, 9.17) is 0 Å². The van der Waals surface area contributed by atoms with Crippen molar-refractivity contribution in [2.75, 3.05) is 6.54 Å². The molecule has 3 saturated carbocycles. The average Bonchev–Trinajstić information content (AvgIpc) is 3.10. The van der Waals surface area contributed by atoms with Gasteiger partial charge in [0.1, 0.15) is 0 Å². The Morgan fingerprint density at radius 1 is 1.06 bits per heavy atom. The van der Waals surface area contributed by atoms with Gasteiger partial charge < -0.3 is 5.32 Å². The Morgan fingerprint density at radius 2 is 1.67 bits per heavy atom. The van der Waals surface area contributed by atoms with Gasteiger partial charge in [0.05, 0.1) is 0 Å². The van der Waals surface area contributed by atoms with Gasteiger partial charge in [-0.2, -0.15) is 0 Å². The molecule has 0 aromatic carbocycles. The predicted octanol–water partition coefficient (Wildman–Crippen LogP) is 4.23. The Labute approximate surface area is 113 Å². The van der Waals surface area contributed by atoms with E-state index in [1.165, 1.54) is 51.5 Å². The molecule has 0 aliphatic heterocycles.